The fourth-order valence-corrected chi connectivity index (χ4v) is 3.47. The van der Waals surface area contributed by atoms with Gasteiger partial charge in [-0.05, 0) is 56.2 Å². The van der Waals surface area contributed by atoms with Gasteiger partial charge in [-0.15, -0.1) is 0 Å². The fourth-order valence-electron chi connectivity index (χ4n) is 2.50. The summed E-state index contributed by atoms with van der Waals surface area (Å²) >= 11 is 0. The maximum atomic E-state index is 12.2. The second-order valence-corrected chi connectivity index (χ2v) is 7.97. The molecule has 0 bridgehead atoms. The van der Waals surface area contributed by atoms with Gasteiger partial charge in [0.15, 0.2) is 6.61 Å². The Labute approximate surface area is 170 Å². The number of hydrogen-bond acceptors (Lipinski definition) is 6. The summed E-state index contributed by atoms with van der Waals surface area (Å²) < 4.78 is 36.7. The van der Waals surface area contributed by atoms with Gasteiger partial charge in [0.2, 0.25) is 10.0 Å². The highest BCUT2D eigenvalue weighted by molar-refractivity contribution is 7.89. The third-order valence-electron chi connectivity index (χ3n) is 3.96. The third kappa shape index (κ3) is 6.58. The molecule has 0 spiro atoms. The minimum atomic E-state index is -3.89. The molecule has 0 unspecified atom stereocenters. The molecule has 156 valence electrons. The number of ether oxygens (including phenoxy) is 2. The molecule has 8 nitrogen and oxygen atoms in total. The number of anilines is 1. The molecule has 2 N–H and O–H groups in total. The van der Waals surface area contributed by atoms with Gasteiger partial charge in [0.1, 0.15) is 12.3 Å². The summed E-state index contributed by atoms with van der Waals surface area (Å²) in [5.74, 6) is -0.831. The van der Waals surface area contributed by atoms with Crippen LogP contribution >= 0.6 is 0 Å². The van der Waals surface area contributed by atoms with E-state index < -0.39 is 35.1 Å². The molecule has 2 rings (SSSR count). The Morgan fingerprint density at radius 2 is 1.62 bits per heavy atom. The quantitative estimate of drug-likeness (QED) is 0.602. The maximum absolute atomic E-state index is 12.2. The van der Waals surface area contributed by atoms with Gasteiger partial charge in [-0.1, -0.05) is 18.2 Å². The molecule has 29 heavy (non-hydrogen) atoms. The van der Waals surface area contributed by atoms with Gasteiger partial charge in [-0.2, -0.15) is 4.72 Å². The van der Waals surface area contributed by atoms with Crippen molar-refractivity contribution in [2.24, 2.45) is 0 Å². The summed E-state index contributed by atoms with van der Waals surface area (Å²) in [5, 5.41) is 2.68. The van der Waals surface area contributed by atoms with Gasteiger partial charge >= 0.3 is 5.97 Å². The first-order chi connectivity index (χ1) is 13.7. The first-order valence-electron chi connectivity index (χ1n) is 8.97. The first kappa shape index (κ1) is 22.4. The monoisotopic (exact) mass is 420 g/mol. The van der Waals surface area contributed by atoms with E-state index in [0.29, 0.717) is 18.0 Å². The lowest BCUT2D eigenvalue weighted by Gasteiger charge is -2.12. The van der Waals surface area contributed by atoms with E-state index in [0.717, 1.165) is 11.1 Å². The molecule has 2 aromatic rings. The van der Waals surface area contributed by atoms with E-state index in [-0.39, 0.29) is 4.90 Å². The highest BCUT2D eigenvalue weighted by Gasteiger charge is 2.17. The predicted octanol–water partition coefficient (Wildman–Crippen LogP) is 2.16. The van der Waals surface area contributed by atoms with Gasteiger partial charge in [-0.3, -0.25) is 9.59 Å². The minimum absolute atomic E-state index is 0.0125. The molecule has 0 saturated carbocycles. The van der Waals surface area contributed by atoms with Crippen LogP contribution in [-0.2, 0) is 24.3 Å². The number of hydrogen-bond donors (Lipinski definition) is 2. The topological polar surface area (TPSA) is 111 Å². The van der Waals surface area contributed by atoms with Crippen molar-refractivity contribution in [2.45, 2.75) is 25.7 Å². The SMILES string of the molecule is CCOc1ccc(S(=O)(=O)NCC(=O)OCC(=O)Nc2c(C)cccc2C)cc1. The van der Waals surface area contributed by atoms with Crippen molar-refractivity contribution in [3.05, 3.63) is 53.6 Å². The largest absolute Gasteiger partial charge is 0.494 e. The lowest BCUT2D eigenvalue weighted by molar-refractivity contribution is -0.146. The van der Waals surface area contributed by atoms with E-state index >= 15 is 0 Å². The van der Waals surface area contributed by atoms with Crippen LogP contribution in [0.2, 0.25) is 0 Å². The number of para-hydroxylation sites is 1. The van der Waals surface area contributed by atoms with Crippen LogP contribution < -0.4 is 14.8 Å². The number of carbonyl (C=O) groups is 2. The normalized spacial score (nSPS) is 11.0. The standard InChI is InChI=1S/C20H24N2O6S/c1-4-27-16-8-10-17(11-9-16)29(25,26)21-12-19(24)28-13-18(23)22-20-14(2)6-5-7-15(20)3/h5-11,21H,4,12-13H2,1-3H3,(H,22,23). The van der Waals surface area contributed by atoms with Crippen LogP contribution in [0.4, 0.5) is 5.69 Å². The number of carbonyl (C=O) groups excluding carboxylic acids is 2. The highest BCUT2D eigenvalue weighted by Crippen LogP contribution is 2.19. The second-order valence-electron chi connectivity index (χ2n) is 6.20. The lowest BCUT2D eigenvalue weighted by atomic mass is 10.1. The van der Waals surface area contributed by atoms with E-state index in [1.807, 2.05) is 39.0 Å². The van der Waals surface area contributed by atoms with Crippen molar-refractivity contribution in [3.8, 4) is 5.75 Å². The number of sulfonamides is 1. The molecule has 2 aromatic carbocycles. The van der Waals surface area contributed by atoms with E-state index in [2.05, 4.69) is 10.0 Å². The van der Waals surface area contributed by atoms with Gasteiger partial charge < -0.3 is 14.8 Å². The molecule has 0 radical (unpaired) electrons. The number of amides is 1. The van der Waals surface area contributed by atoms with Crippen molar-refractivity contribution >= 4 is 27.6 Å². The van der Waals surface area contributed by atoms with Crippen molar-refractivity contribution < 1.29 is 27.5 Å². The van der Waals surface area contributed by atoms with E-state index in [4.69, 9.17) is 9.47 Å². The second kappa shape index (κ2) is 10.0. The van der Waals surface area contributed by atoms with Gasteiger partial charge in [-0.25, -0.2) is 8.42 Å². The van der Waals surface area contributed by atoms with Crippen LogP contribution in [0.3, 0.4) is 0 Å². The van der Waals surface area contributed by atoms with Crippen LogP contribution in [0.1, 0.15) is 18.1 Å². The zero-order valence-electron chi connectivity index (χ0n) is 16.5. The molecule has 0 fully saturated rings. The summed E-state index contributed by atoms with van der Waals surface area (Å²) in [7, 11) is -3.89. The average molecular weight is 420 g/mol. The van der Waals surface area contributed by atoms with Gasteiger partial charge in [0.05, 0.1) is 11.5 Å². The zero-order valence-corrected chi connectivity index (χ0v) is 17.3. The fraction of sp³-hybridized carbons (Fsp3) is 0.300. The molecule has 9 heteroatoms. The van der Waals surface area contributed by atoms with Crippen molar-refractivity contribution in [1.82, 2.24) is 4.72 Å². The number of nitrogens with one attached hydrogen (secondary N) is 2. The van der Waals surface area contributed by atoms with E-state index in [1.165, 1.54) is 24.3 Å². The molecule has 0 aliphatic rings. The molecule has 1 amide bonds. The Balaban J connectivity index is 1.83. The van der Waals surface area contributed by atoms with E-state index in [1.54, 1.807) is 0 Å². The predicted molar refractivity (Wildman–Crippen MR) is 108 cm³/mol. The van der Waals surface area contributed by atoms with Crippen molar-refractivity contribution in [3.63, 3.8) is 0 Å². The maximum Gasteiger partial charge on any atom is 0.321 e. The number of rotatable bonds is 9. The Kier molecular flexibility index (Phi) is 7.74. The number of esters is 1. The summed E-state index contributed by atoms with van der Waals surface area (Å²) in [5.41, 5.74) is 2.42. The van der Waals surface area contributed by atoms with Crippen LogP contribution in [0.15, 0.2) is 47.4 Å². The minimum Gasteiger partial charge on any atom is -0.494 e. The molecule has 0 atom stereocenters. The Morgan fingerprint density at radius 1 is 1.00 bits per heavy atom. The zero-order chi connectivity index (χ0) is 21.4. The summed E-state index contributed by atoms with van der Waals surface area (Å²) in [6.45, 7) is 4.88. The van der Waals surface area contributed by atoms with Crippen LogP contribution in [0.5, 0.6) is 5.75 Å². The van der Waals surface area contributed by atoms with Gasteiger partial charge in [0.25, 0.3) is 5.91 Å². The Hall–Kier alpha value is -2.91. The molecule has 0 aliphatic carbocycles. The average Bonchev–Trinajstić information content (AvgIpc) is 2.68. The number of benzene rings is 2. The molecule has 0 heterocycles. The van der Waals surface area contributed by atoms with Crippen molar-refractivity contribution in [1.29, 1.82) is 0 Å². The van der Waals surface area contributed by atoms with Crippen LogP contribution in [0.25, 0.3) is 0 Å². The third-order valence-corrected chi connectivity index (χ3v) is 5.38. The molecular formula is C20H24N2O6S. The Bertz CT molecular complexity index is 951. The smallest absolute Gasteiger partial charge is 0.321 e. The van der Waals surface area contributed by atoms with Crippen LogP contribution in [-0.4, -0.2) is 40.1 Å². The van der Waals surface area contributed by atoms with Crippen LogP contribution in [0, 0.1) is 13.8 Å². The van der Waals surface area contributed by atoms with Gasteiger partial charge in [0, 0.05) is 5.69 Å². The molecular weight excluding hydrogens is 396 g/mol. The summed E-state index contributed by atoms with van der Waals surface area (Å²) in [6, 6.07) is 11.4. The Morgan fingerprint density at radius 3 is 2.21 bits per heavy atom. The molecule has 0 aliphatic heterocycles. The molecule has 0 aromatic heterocycles. The lowest BCUT2D eigenvalue weighted by Crippen LogP contribution is -2.32. The van der Waals surface area contributed by atoms with Crippen molar-refractivity contribution in [2.75, 3.05) is 25.1 Å². The first-order valence-corrected chi connectivity index (χ1v) is 10.5. The van der Waals surface area contributed by atoms with E-state index in [9.17, 15) is 18.0 Å². The molecule has 0 saturated heterocycles. The highest BCUT2D eigenvalue weighted by atomic mass is 32.2. The summed E-state index contributed by atoms with van der Waals surface area (Å²) in [6.07, 6.45) is 0. The number of aryl methyl sites for hydroxylation is 2. The summed E-state index contributed by atoms with van der Waals surface area (Å²) in [4.78, 5) is 23.8.